The Balaban J connectivity index is 3.12. The van der Waals surface area contributed by atoms with E-state index in [1.807, 2.05) is 0 Å². The third-order valence-electron chi connectivity index (χ3n) is 1.48. The number of ether oxygens (including phenoxy) is 1. The third kappa shape index (κ3) is 1.74. The van der Waals surface area contributed by atoms with Gasteiger partial charge in [0.15, 0.2) is 0 Å². The molecule has 0 saturated carbocycles. The van der Waals surface area contributed by atoms with E-state index in [2.05, 4.69) is 4.98 Å². The predicted octanol–water partition coefficient (Wildman–Crippen LogP) is 1.78. The van der Waals surface area contributed by atoms with E-state index in [-0.39, 0.29) is 5.69 Å². The number of halogens is 1. The number of carbonyl (C=O) groups excluding carboxylic acids is 1. The molecule has 0 spiro atoms. The number of hydrogen-bond donors (Lipinski definition) is 0. The lowest BCUT2D eigenvalue weighted by Gasteiger charge is -2.02. The Morgan fingerprint density at radius 1 is 1.67 bits per heavy atom. The van der Waals surface area contributed by atoms with Crippen LogP contribution in [0.4, 0.5) is 0 Å². The Hall–Kier alpha value is -1.09. The molecule has 0 unspecified atom stereocenters. The summed E-state index contributed by atoms with van der Waals surface area (Å²) in [5.41, 5.74) is 0.992. The van der Waals surface area contributed by atoms with E-state index in [0.29, 0.717) is 11.3 Å². The average molecular weight is 186 g/mol. The quantitative estimate of drug-likeness (QED) is 0.660. The summed E-state index contributed by atoms with van der Waals surface area (Å²) in [5, 5.41) is -0.546. The zero-order valence-corrected chi connectivity index (χ0v) is 7.55. The van der Waals surface area contributed by atoms with E-state index in [9.17, 15) is 4.79 Å². The maximum Gasteiger partial charge on any atom is 0.271 e. The van der Waals surface area contributed by atoms with Crippen LogP contribution >= 0.6 is 11.6 Å². The molecule has 0 N–H and O–H groups in total. The maximum atomic E-state index is 10.7. The molecule has 0 aliphatic rings. The lowest BCUT2D eigenvalue weighted by Crippen LogP contribution is -1.98. The number of carbonyl (C=O) groups is 1. The monoisotopic (exact) mass is 185 g/mol. The van der Waals surface area contributed by atoms with E-state index in [1.165, 1.54) is 6.20 Å². The summed E-state index contributed by atoms with van der Waals surface area (Å²) in [4.78, 5) is 14.6. The molecule has 12 heavy (non-hydrogen) atoms. The highest BCUT2D eigenvalue weighted by molar-refractivity contribution is 6.67. The average Bonchev–Trinajstić information content (AvgIpc) is 2.03. The van der Waals surface area contributed by atoms with Crippen LogP contribution in [0.15, 0.2) is 12.3 Å². The first kappa shape index (κ1) is 9.00. The molecule has 64 valence electrons. The van der Waals surface area contributed by atoms with Crippen molar-refractivity contribution in [2.75, 3.05) is 7.11 Å². The van der Waals surface area contributed by atoms with Crippen LogP contribution < -0.4 is 4.74 Å². The van der Waals surface area contributed by atoms with Gasteiger partial charge in [0.2, 0.25) is 0 Å². The smallest absolute Gasteiger partial charge is 0.271 e. The van der Waals surface area contributed by atoms with E-state index in [1.54, 1.807) is 20.1 Å². The molecular formula is C8H8ClNO2. The van der Waals surface area contributed by atoms with Crippen LogP contribution in [-0.2, 0) is 0 Å². The zero-order valence-electron chi connectivity index (χ0n) is 6.80. The van der Waals surface area contributed by atoms with Gasteiger partial charge >= 0.3 is 0 Å². The molecule has 4 heteroatoms. The molecule has 1 rings (SSSR count). The van der Waals surface area contributed by atoms with Crippen molar-refractivity contribution in [3.05, 3.63) is 23.5 Å². The molecule has 0 bridgehead atoms. The van der Waals surface area contributed by atoms with Gasteiger partial charge in [-0.1, -0.05) is 0 Å². The molecule has 0 radical (unpaired) electrons. The molecule has 1 aromatic heterocycles. The molecule has 0 saturated heterocycles. The molecule has 1 heterocycles. The summed E-state index contributed by atoms with van der Waals surface area (Å²) in [6.07, 6.45) is 1.46. The number of methoxy groups -OCH3 is 1. The minimum atomic E-state index is -0.546. The number of aromatic nitrogens is 1. The molecule has 0 atom stereocenters. The Labute approximate surface area is 75.3 Å². The number of hydrogen-bond acceptors (Lipinski definition) is 3. The lowest BCUT2D eigenvalue weighted by molar-refractivity contribution is 0.107. The SMILES string of the molecule is COc1cnc(C(=O)Cl)c(C)c1. The van der Waals surface area contributed by atoms with Crippen molar-refractivity contribution in [2.24, 2.45) is 0 Å². The predicted molar refractivity (Wildman–Crippen MR) is 45.7 cm³/mol. The topological polar surface area (TPSA) is 39.2 Å². The highest BCUT2D eigenvalue weighted by atomic mass is 35.5. The van der Waals surface area contributed by atoms with E-state index in [4.69, 9.17) is 16.3 Å². The Morgan fingerprint density at radius 2 is 2.33 bits per heavy atom. The second kappa shape index (κ2) is 3.54. The molecular weight excluding hydrogens is 178 g/mol. The second-order valence-corrected chi connectivity index (χ2v) is 2.66. The van der Waals surface area contributed by atoms with Crippen molar-refractivity contribution in [1.29, 1.82) is 0 Å². The maximum absolute atomic E-state index is 10.7. The van der Waals surface area contributed by atoms with Gasteiger partial charge in [-0.2, -0.15) is 0 Å². The van der Waals surface area contributed by atoms with Crippen LogP contribution in [0.25, 0.3) is 0 Å². The fraction of sp³-hybridized carbons (Fsp3) is 0.250. The minimum Gasteiger partial charge on any atom is -0.495 e. The van der Waals surface area contributed by atoms with Crippen LogP contribution in [-0.4, -0.2) is 17.3 Å². The standard InChI is InChI=1S/C8H8ClNO2/c1-5-3-6(12-2)4-10-7(5)8(9)11/h3-4H,1-2H3. The van der Waals surface area contributed by atoms with Crippen LogP contribution in [0, 0.1) is 6.92 Å². The van der Waals surface area contributed by atoms with Gasteiger partial charge in [0.1, 0.15) is 11.4 Å². The highest BCUT2D eigenvalue weighted by Crippen LogP contribution is 2.14. The molecule has 1 aromatic rings. The molecule has 0 aliphatic heterocycles. The summed E-state index contributed by atoms with van der Waals surface area (Å²) < 4.78 is 4.91. The van der Waals surface area contributed by atoms with Gasteiger partial charge in [-0.25, -0.2) is 4.98 Å². The van der Waals surface area contributed by atoms with Crippen molar-refractivity contribution in [2.45, 2.75) is 6.92 Å². The van der Waals surface area contributed by atoms with Crippen LogP contribution in [0.1, 0.15) is 16.1 Å². The van der Waals surface area contributed by atoms with Crippen LogP contribution in [0.5, 0.6) is 5.75 Å². The summed E-state index contributed by atoms with van der Waals surface area (Å²) in [6.45, 7) is 1.76. The first-order valence-electron chi connectivity index (χ1n) is 3.35. The normalized spacial score (nSPS) is 9.58. The number of pyridine rings is 1. The molecule has 0 aliphatic carbocycles. The van der Waals surface area contributed by atoms with Crippen LogP contribution in [0.3, 0.4) is 0 Å². The largest absolute Gasteiger partial charge is 0.495 e. The van der Waals surface area contributed by atoms with Gasteiger partial charge in [-0.05, 0) is 30.2 Å². The molecule has 0 aromatic carbocycles. The first-order chi connectivity index (χ1) is 5.65. The Kier molecular flexibility index (Phi) is 2.65. The second-order valence-electron chi connectivity index (χ2n) is 2.31. The molecule has 0 fully saturated rings. The fourth-order valence-corrected chi connectivity index (χ4v) is 1.06. The van der Waals surface area contributed by atoms with Crippen LogP contribution in [0.2, 0.25) is 0 Å². The van der Waals surface area contributed by atoms with Crippen molar-refractivity contribution in [3.63, 3.8) is 0 Å². The Bertz CT molecular complexity index is 312. The van der Waals surface area contributed by atoms with Gasteiger partial charge < -0.3 is 4.74 Å². The summed E-state index contributed by atoms with van der Waals surface area (Å²) in [6, 6.07) is 1.71. The van der Waals surface area contributed by atoms with Gasteiger partial charge in [0.05, 0.1) is 13.3 Å². The summed E-state index contributed by atoms with van der Waals surface area (Å²) >= 11 is 5.26. The van der Waals surface area contributed by atoms with E-state index in [0.717, 1.165) is 0 Å². The lowest BCUT2D eigenvalue weighted by atomic mass is 10.2. The van der Waals surface area contributed by atoms with Gasteiger partial charge in [-0.15, -0.1) is 0 Å². The summed E-state index contributed by atoms with van der Waals surface area (Å²) in [7, 11) is 1.54. The van der Waals surface area contributed by atoms with Crippen molar-refractivity contribution in [1.82, 2.24) is 4.98 Å². The third-order valence-corrected chi connectivity index (χ3v) is 1.65. The number of rotatable bonds is 2. The van der Waals surface area contributed by atoms with E-state index < -0.39 is 5.24 Å². The fourth-order valence-electron chi connectivity index (χ4n) is 0.866. The molecule has 0 amide bonds. The Morgan fingerprint density at radius 3 is 2.75 bits per heavy atom. The van der Waals surface area contributed by atoms with E-state index >= 15 is 0 Å². The first-order valence-corrected chi connectivity index (χ1v) is 3.73. The van der Waals surface area contributed by atoms with Crippen molar-refractivity contribution < 1.29 is 9.53 Å². The van der Waals surface area contributed by atoms with Gasteiger partial charge in [-0.3, -0.25) is 4.79 Å². The van der Waals surface area contributed by atoms with Gasteiger partial charge in [0.25, 0.3) is 5.24 Å². The van der Waals surface area contributed by atoms with Gasteiger partial charge in [0, 0.05) is 0 Å². The van der Waals surface area contributed by atoms with Crippen molar-refractivity contribution in [3.8, 4) is 5.75 Å². The number of nitrogens with zero attached hydrogens (tertiary/aromatic N) is 1. The minimum absolute atomic E-state index is 0.275. The summed E-state index contributed by atoms with van der Waals surface area (Å²) in [5.74, 6) is 0.620. The number of aryl methyl sites for hydroxylation is 1. The highest BCUT2D eigenvalue weighted by Gasteiger charge is 2.07. The molecule has 3 nitrogen and oxygen atoms in total. The zero-order chi connectivity index (χ0) is 9.14. The van der Waals surface area contributed by atoms with Crippen molar-refractivity contribution >= 4 is 16.8 Å².